The van der Waals surface area contributed by atoms with Crippen LogP contribution < -0.4 is 0 Å². The Balaban J connectivity index is 3.11. The Morgan fingerprint density at radius 1 is 1.32 bits per heavy atom. The fourth-order valence-electron chi connectivity index (χ4n) is 2.20. The van der Waals surface area contributed by atoms with E-state index in [2.05, 4.69) is 0 Å². The van der Waals surface area contributed by atoms with Crippen LogP contribution >= 0.6 is 0 Å². The Labute approximate surface area is 130 Å². The monoisotopic (exact) mass is 328 g/mol. The first-order chi connectivity index (χ1) is 10.2. The summed E-state index contributed by atoms with van der Waals surface area (Å²) in [5.74, 6) is -0.702. The number of carbonyl (C=O) groups excluding carboxylic acids is 1. The first kappa shape index (κ1) is 18.1. The van der Waals surface area contributed by atoms with Gasteiger partial charge < -0.3 is 4.90 Å². The number of nitro groups is 1. The average Bonchev–Trinajstić information content (AvgIpc) is 2.47. The highest BCUT2D eigenvalue weighted by Crippen LogP contribution is 2.21. The number of hydrogen-bond acceptors (Lipinski definition) is 5. The predicted octanol–water partition coefficient (Wildman–Crippen LogP) is 1.88. The van der Waals surface area contributed by atoms with Gasteiger partial charge in [-0.05, 0) is 19.9 Å². The first-order valence-corrected chi connectivity index (χ1v) is 8.80. The minimum absolute atomic E-state index is 0.00539. The van der Waals surface area contributed by atoms with E-state index in [4.69, 9.17) is 0 Å². The number of nitro benzene ring substituents is 1. The highest BCUT2D eigenvalue weighted by atomic mass is 32.2. The van der Waals surface area contributed by atoms with Crippen LogP contribution in [0.5, 0.6) is 0 Å². The maximum absolute atomic E-state index is 12.5. The Morgan fingerprint density at radius 2 is 1.91 bits per heavy atom. The molecule has 0 spiro atoms. The van der Waals surface area contributed by atoms with Crippen molar-refractivity contribution in [2.75, 3.05) is 18.1 Å². The Hall–Kier alpha value is -1.96. The highest BCUT2D eigenvalue weighted by molar-refractivity contribution is 7.91. The number of sulfone groups is 1. The number of amides is 1. The normalized spacial score (nSPS) is 12.7. The molecule has 0 saturated heterocycles. The lowest BCUT2D eigenvalue weighted by Gasteiger charge is -2.27. The molecule has 22 heavy (non-hydrogen) atoms. The summed E-state index contributed by atoms with van der Waals surface area (Å²) in [7, 11) is -3.24. The summed E-state index contributed by atoms with van der Waals surface area (Å²) in [4.78, 5) is 24.3. The van der Waals surface area contributed by atoms with Gasteiger partial charge in [0.05, 0.1) is 10.7 Å². The molecule has 0 bridgehead atoms. The van der Waals surface area contributed by atoms with Crippen molar-refractivity contribution >= 4 is 21.4 Å². The van der Waals surface area contributed by atoms with Gasteiger partial charge >= 0.3 is 0 Å². The molecular formula is C14H20N2O5S. The maximum Gasteiger partial charge on any atom is 0.282 e. The molecule has 1 aromatic rings. The third kappa shape index (κ3) is 4.27. The zero-order valence-electron chi connectivity index (χ0n) is 12.9. The van der Waals surface area contributed by atoms with Gasteiger partial charge in [-0.1, -0.05) is 19.1 Å². The molecule has 1 unspecified atom stereocenters. The number of benzene rings is 1. The summed E-state index contributed by atoms with van der Waals surface area (Å²) in [5, 5.41) is 11.0. The third-order valence-electron chi connectivity index (χ3n) is 3.40. The van der Waals surface area contributed by atoms with Gasteiger partial charge in [0, 0.05) is 24.4 Å². The van der Waals surface area contributed by atoms with Crippen molar-refractivity contribution in [3.63, 3.8) is 0 Å². The molecule has 1 aromatic carbocycles. The zero-order valence-corrected chi connectivity index (χ0v) is 13.7. The van der Waals surface area contributed by atoms with Crippen LogP contribution in [0.4, 0.5) is 5.69 Å². The molecule has 0 aliphatic carbocycles. The summed E-state index contributed by atoms with van der Waals surface area (Å²) in [5.41, 5.74) is -0.313. The minimum Gasteiger partial charge on any atom is -0.335 e. The van der Waals surface area contributed by atoms with Crippen LogP contribution in [0.3, 0.4) is 0 Å². The van der Waals surface area contributed by atoms with E-state index in [1.165, 1.54) is 23.1 Å². The highest BCUT2D eigenvalue weighted by Gasteiger charge is 2.28. The first-order valence-electron chi connectivity index (χ1n) is 6.98. The summed E-state index contributed by atoms with van der Waals surface area (Å²) < 4.78 is 23.4. The number of hydrogen-bond donors (Lipinski definition) is 0. The van der Waals surface area contributed by atoms with Crippen molar-refractivity contribution in [3.8, 4) is 0 Å². The molecule has 0 radical (unpaired) electrons. The molecule has 0 N–H and O–H groups in total. The minimum atomic E-state index is -3.24. The van der Waals surface area contributed by atoms with Crippen molar-refractivity contribution in [3.05, 3.63) is 39.9 Å². The van der Waals surface area contributed by atoms with Crippen molar-refractivity contribution in [2.45, 2.75) is 26.8 Å². The van der Waals surface area contributed by atoms with Crippen molar-refractivity contribution in [2.24, 2.45) is 0 Å². The molecule has 7 nitrogen and oxygen atoms in total. The largest absolute Gasteiger partial charge is 0.335 e. The van der Waals surface area contributed by atoms with E-state index in [1.54, 1.807) is 26.8 Å². The molecule has 0 aliphatic heterocycles. The molecule has 122 valence electrons. The summed E-state index contributed by atoms with van der Waals surface area (Å²) >= 11 is 0. The summed E-state index contributed by atoms with van der Waals surface area (Å²) in [6.45, 7) is 5.15. The zero-order chi connectivity index (χ0) is 16.9. The van der Waals surface area contributed by atoms with E-state index in [0.717, 1.165) is 0 Å². The lowest BCUT2D eigenvalue weighted by Crippen LogP contribution is -2.42. The van der Waals surface area contributed by atoms with Gasteiger partial charge in [0.15, 0.2) is 9.84 Å². The molecule has 1 amide bonds. The van der Waals surface area contributed by atoms with Crippen LogP contribution in [-0.4, -0.2) is 48.2 Å². The van der Waals surface area contributed by atoms with E-state index in [0.29, 0.717) is 0 Å². The van der Waals surface area contributed by atoms with Gasteiger partial charge in [-0.2, -0.15) is 0 Å². The Bertz CT molecular complexity index is 657. The number of para-hydroxylation sites is 1. The topological polar surface area (TPSA) is 97.6 Å². The molecule has 0 saturated carbocycles. The molecule has 8 heteroatoms. The van der Waals surface area contributed by atoms with Gasteiger partial charge in [-0.25, -0.2) is 8.42 Å². The molecule has 1 rings (SSSR count). The summed E-state index contributed by atoms with van der Waals surface area (Å²) in [6.07, 6.45) is 0. The van der Waals surface area contributed by atoms with Crippen LogP contribution in [0.2, 0.25) is 0 Å². The van der Waals surface area contributed by atoms with Crippen LogP contribution in [0.1, 0.15) is 31.1 Å². The van der Waals surface area contributed by atoms with E-state index < -0.39 is 26.7 Å². The number of carbonyl (C=O) groups is 1. The fraction of sp³-hybridized carbons (Fsp3) is 0.500. The SMILES string of the molecule is CCN(C(=O)c1ccccc1[N+](=O)[O-])C(C)CS(=O)(=O)CC. The fourth-order valence-corrected chi connectivity index (χ4v) is 3.35. The van der Waals surface area contributed by atoms with Gasteiger partial charge in [0.2, 0.25) is 0 Å². The van der Waals surface area contributed by atoms with Crippen LogP contribution in [0.25, 0.3) is 0 Å². The van der Waals surface area contributed by atoms with E-state index >= 15 is 0 Å². The lowest BCUT2D eigenvalue weighted by atomic mass is 10.1. The Kier molecular flexibility index (Phi) is 6.04. The van der Waals surface area contributed by atoms with Gasteiger partial charge in [-0.15, -0.1) is 0 Å². The second-order valence-corrected chi connectivity index (χ2v) is 7.31. The van der Waals surface area contributed by atoms with E-state index in [-0.39, 0.29) is 29.3 Å². The number of rotatable bonds is 7. The Morgan fingerprint density at radius 3 is 2.41 bits per heavy atom. The lowest BCUT2D eigenvalue weighted by molar-refractivity contribution is -0.385. The van der Waals surface area contributed by atoms with Gasteiger partial charge in [0.25, 0.3) is 11.6 Å². The van der Waals surface area contributed by atoms with Gasteiger partial charge in [0.1, 0.15) is 5.56 Å². The second-order valence-electron chi connectivity index (χ2n) is 4.91. The third-order valence-corrected chi connectivity index (χ3v) is 5.27. The second kappa shape index (κ2) is 7.35. The van der Waals surface area contributed by atoms with E-state index in [9.17, 15) is 23.3 Å². The van der Waals surface area contributed by atoms with E-state index in [1.807, 2.05) is 0 Å². The predicted molar refractivity (Wildman–Crippen MR) is 83.6 cm³/mol. The quantitative estimate of drug-likeness (QED) is 0.562. The van der Waals surface area contributed by atoms with Crippen molar-refractivity contribution in [1.82, 2.24) is 4.90 Å². The molecule has 0 aromatic heterocycles. The molecule has 0 aliphatic rings. The maximum atomic E-state index is 12.5. The standard InChI is InChI=1S/C14H20N2O5S/c1-4-15(11(3)10-22(20,21)5-2)14(17)12-8-6-7-9-13(12)16(18)19/h6-9,11H,4-5,10H2,1-3H3. The van der Waals surface area contributed by atoms with Crippen molar-refractivity contribution < 1.29 is 18.1 Å². The van der Waals surface area contributed by atoms with Crippen LogP contribution in [0, 0.1) is 10.1 Å². The molecule has 0 heterocycles. The smallest absolute Gasteiger partial charge is 0.282 e. The van der Waals surface area contributed by atoms with Crippen LogP contribution in [0.15, 0.2) is 24.3 Å². The van der Waals surface area contributed by atoms with Crippen LogP contribution in [-0.2, 0) is 9.84 Å². The number of nitrogens with zero attached hydrogens (tertiary/aromatic N) is 2. The summed E-state index contributed by atoms with van der Waals surface area (Å²) in [6, 6.07) is 5.11. The molecular weight excluding hydrogens is 308 g/mol. The average molecular weight is 328 g/mol. The molecule has 1 atom stereocenters. The van der Waals surface area contributed by atoms with Crippen molar-refractivity contribution in [1.29, 1.82) is 0 Å². The van der Waals surface area contributed by atoms with Gasteiger partial charge in [-0.3, -0.25) is 14.9 Å². The molecule has 0 fully saturated rings.